The number of piperidine rings is 1. The largest absolute Gasteiger partial charge is 0.352 e. The fraction of sp³-hybridized carbons (Fsp3) is 0.350. The highest BCUT2D eigenvalue weighted by Gasteiger charge is 2.24. The van der Waals surface area contributed by atoms with E-state index in [0.29, 0.717) is 23.6 Å². The lowest BCUT2D eigenvalue weighted by atomic mass is 9.96. The van der Waals surface area contributed by atoms with Crippen LogP contribution >= 0.6 is 0 Å². The van der Waals surface area contributed by atoms with Crippen LogP contribution in [0.25, 0.3) is 0 Å². The Balaban J connectivity index is 1.46. The quantitative estimate of drug-likeness (QED) is 0.933. The minimum atomic E-state index is -0.0300. The van der Waals surface area contributed by atoms with Gasteiger partial charge in [-0.1, -0.05) is 17.7 Å². The molecule has 130 valence electrons. The van der Waals surface area contributed by atoms with Gasteiger partial charge in [0.2, 0.25) is 0 Å². The minimum absolute atomic E-state index is 0.0300. The Hall–Kier alpha value is -2.69. The number of nitrogens with zero attached hydrogens (tertiary/aromatic N) is 2. The van der Waals surface area contributed by atoms with Crippen LogP contribution in [0.4, 0.5) is 0 Å². The van der Waals surface area contributed by atoms with E-state index in [4.69, 9.17) is 0 Å². The SMILES string of the molecule is Cc1cccc(C(=O)NCC2CCN(C(=O)c3cccnc3)CC2)c1. The van der Waals surface area contributed by atoms with Gasteiger partial charge in [-0.25, -0.2) is 0 Å². The van der Waals surface area contributed by atoms with E-state index in [1.165, 1.54) is 0 Å². The van der Waals surface area contributed by atoms with E-state index in [1.54, 1.807) is 24.5 Å². The van der Waals surface area contributed by atoms with Gasteiger partial charge in [0.1, 0.15) is 0 Å². The van der Waals surface area contributed by atoms with Crippen LogP contribution < -0.4 is 5.32 Å². The Morgan fingerprint density at radius 3 is 2.60 bits per heavy atom. The summed E-state index contributed by atoms with van der Waals surface area (Å²) in [6, 6.07) is 11.2. The van der Waals surface area contributed by atoms with Crippen molar-refractivity contribution in [2.75, 3.05) is 19.6 Å². The maximum Gasteiger partial charge on any atom is 0.255 e. The monoisotopic (exact) mass is 337 g/mol. The van der Waals surface area contributed by atoms with Crippen LogP contribution in [0, 0.1) is 12.8 Å². The zero-order valence-electron chi connectivity index (χ0n) is 14.4. The molecule has 0 radical (unpaired) electrons. The number of hydrogen-bond acceptors (Lipinski definition) is 3. The van der Waals surface area contributed by atoms with Gasteiger partial charge in [0, 0.05) is 37.6 Å². The summed E-state index contributed by atoms with van der Waals surface area (Å²) in [6.45, 7) is 4.07. The van der Waals surface area contributed by atoms with Gasteiger partial charge in [-0.15, -0.1) is 0 Å². The highest BCUT2D eigenvalue weighted by atomic mass is 16.2. The first-order valence-corrected chi connectivity index (χ1v) is 8.67. The topological polar surface area (TPSA) is 62.3 Å². The minimum Gasteiger partial charge on any atom is -0.352 e. The summed E-state index contributed by atoms with van der Waals surface area (Å²) >= 11 is 0. The fourth-order valence-electron chi connectivity index (χ4n) is 3.14. The third-order valence-electron chi connectivity index (χ3n) is 4.64. The Morgan fingerprint density at radius 2 is 1.92 bits per heavy atom. The molecule has 2 heterocycles. The van der Waals surface area contributed by atoms with Crippen molar-refractivity contribution < 1.29 is 9.59 Å². The van der Waals surface area contributed by atoms with Crippen molar-refractivity contribution in [3.8, 4) is 0 Å². The molecular weight excluding hydrogens is 314 g/mol. The van der Waals surface area contributed by atoms with Crippen LogP contribution in [-0.4, -0.2) is 41.3 Å². The third kappa shape index (κ3) is 4.44. The van der Waals surface area contributed by atoms with Crippen molar-refractivity contribution >= 4 is 11.8 Å². The van der Waals surface area contributed by atoms with Crippen molar-refractivity contribution in [3.63, 3.8) is 0 Å². The van der Waals surface area contributed by atoms with Gasteiger partial charge in [0.05, 0.1) is 5.56 Å². The average Bonchev–Trinajstić information content (AvgIpc) is 2.66. The van der Waals surface area contributed by atoms with Gasteiger partial charge >= 0.3 is 0 Å². The predicted molar refractivity (Wildman–Crippen MR) is 96.4 cm³/mol. The zero-order chi connectivity index (χ0) is 17.6. The Bertz CT molecular complexity index is 738. The van der Waals surface area contributed by atoms with E-state index < -0.39 is 0 Å². The Kier molecular flexibility index (Phi) is 5.43. The summed E-state index contributed by atoms with van der Waals surface area (Å²) in [6.07, 6.45) is 5.08. The molecule has 1 aliphatic heterocycles. The van der Waals surface area contributed by atoms with E-state index in [9.17, 15) is 9.59 Å². The van der Waals surface area contributed by atoms with Crippen molar-refractivity contribution in [2.45, 2.75) is 19.8 Å². The standard InChI is InChI=1S/C20H23N3O2/c1-15-4-2-5-17(12-15)19(24)22-13-16-7-10-23(11-8-16)20(25)18-6-3-9-21-14-18/h2-6,9,12,14,16H,7-8,10-11,13H2,1H3,(H,22,24). The molecule has 5 nitrogen and oxygen atoms in total. The number of hydrogen-bond donors (Lipinski definition) is 1. The van der Waals surface area contributed by atoms with E-state index in [1.807, 2.05) is 36.1 Å². The van der Waals surface area contributed by atoms with Crippen LogP contribution in [0.1, 0.15) is 39.1 Å². The Morgan fingerprint density at radius 1 is 1.16 bits per heavy atom. The summed E-state index contributed by atoms with van der Waals surface area (Å²) in [4.78, 5) is 30.5. The number of aromatic nitrogens is 1. The smallest absolute Gasteiger partial charge is 0.255 e. The first-order valence-electron chi connectivity index (χ1n) is 8.67. The molecule has 0 aliphatic carbocycles. The lowest BCUT2D eigenvalue weighted by Gasteiger charge is -2.32. The van der Waals surface area contributed by atoms with Gasteiger partial charge in [0.25, 0.3) is 11.8 Å². The normalized spacial score (nSPS) is 15.0. The lowest BCUT2D eigenvalue weighted by molar-refractivity contribution is 0.0684. The van der Waals surface area contributed by atoms with Crippen molar-refractivity contribution in [3.05, 3.63) is 65.5 Å². The molecule has 0 unspecified atom stereocenters. The van der Waals surface area contributed by atoms with Crippen molar-refractivity contribution in [1.82, 2.24) is 15.2 Å². The van der Waals surface area contributed by atoms with E-state index in [0.717, 1.165) is 31.5 Å². The van der Waals surface area contributed by atoms with Gasteiger partial charge in [0.15, 0.2) is 0 Å². The number of nitrogens with one attached hydrogen (secondary N) is 1. The van der Waals surface area contributed by atoms with Crippen LogP contribution in [0.3, 0.4) is 0 Å². The summed E-state index contributed by atoms with van der Waals surface area (Å²) in [7, 11) is 0. The summed E-state index contributed by atoms with van der Waals surface area (Å²) in [5.41, 5.74) is 2.41. The number of pyridine rings is 1. The second-order valence-electron chi connectivity index (χ2n) is 6.56. The number of rotatable bonds is 4. The molecule has 0 atom stereocenters. The number of carbonyl (C=O) groups excluding carboxylic acids is 2. The average molecular weight is 337 g/mol. The van der Waals surface area contributed by atoms with Crippen LogP contribution in [0.15, 0.2) is 48.8 Å². The second kappa shape index (κ2) is 7.92. The molecule has 1 saturated heterocycles. The van der Waals surface area contributed by atoms with E-state index >= 15 is 0 Å². The molecule has 0 saturated carbocycles. The molecule has 1 aliphatic rings. The number of amides is 2. The molecule has 1 N–H and O–H groups in total. The molecule has 1 fully saturated rings. The number of benzene rings is 1. The van der Waals surface area contributed by atoms with Crippen molar-refractivity contribution in [1.29, 1.82) is 0 Å². The first-order chi connectivity index (χ1) is 12.1. The first kappa shape index (κ1) is 17.1. The molecular formula is C20H23N3O2. The van der Waals surface area contributed by atoms with E-state index in [-0.39, 0.29) is 11.8 Å². The Labute approximate surface area is 148 Å². The number of likely N-dealkylation sites (tertiary alicyclic amines) is 1. The molecule has 0 spiro atoms. The molecule has 25 heavy (non-hydrogen) atoms. The molecule has 3 rings (SSSR count). The van der Waals surface area contributed by atoms with Gasteiger partial charge in [-0.3, -0.25) is 14.6 Å². The zero-order valence-corrected chi connectivity index (χ0v) is 14.4. The second-order valence-corrected chi connectivity index (χ2v) is 6.56. The molecule has 5 heteroatoms. The van der Waals surface area contributed by atoms with Crippen molar-refractivity contribution in [2.24, 2.45) is 5.92 Å². The maximum atomic E-state index is 12.4. The van der Waals surface area contributed by atoms with E-state index in [2.05, 4.69) is 10.3 Å². The van der Waals surface area contributed by atoms with Crippen LogP contribution in [0.2, 0.25) is 0 Å². The van der Waals surface area contributed by atoms with Crippen LogP contribution in [0.5, 0.6) is 0 Å². The summed E-state index contributed by atoms with van der Waals surface area (Å²) < 4.78 is 0. The fourth-order valence-corrected chi connectivity index (χ4v) is 3.14. The molecule has 2 aromatic rings. The maximum absolute atomic E-state index is 12.4. The predicted octanol–water partition coefficient (Wildman–Crippen LogP) is 2.67. The number of carbonyl (C=O) groups is 2. The van der Waals surface area contributed by atoms with Gasteiger partial charge in [-0.2, -0.15) is 0 Å². The molecule has 1 aromatic carbocycles. The molecule has 1 aromatic heterocycles. The molecule has 0 bridgehead atoms. The highest BCUT2D eigenvalue weighted by Crippen LogP contribution is 2.18. The number of aryl methyl sites for hydroxylation is 1. The van der Waals surface area contributed by atoms with Gasteiger partial charge in [-0.05, 0) is 49.9 Å². The third-order valence-corrected chi connectivity index (χ3v) is 4.64. The molecule has 2 amide bonds. The van der Waals surface area contributed by atoms with Gasteiger partial charge < -0.3 is 10.2 Å². The van der Waals surface area contributed by atoms with Crippen LogP contribution in [-0.2, 0) is 0 Å². The lowest BCUT2D eigenvalue weighted by Crippen LogP contribution is -2.41. The summed E-state index contributed by atoms with van der Waals surface area (Å²) in [5, 5.41) is 3.02. The highest BCUT2D eigenvalue weighted by molar-refractivity contribution is 5.94. The summed E-state index contributed by atoms with van der Waals surface area (Å²) in [5.74, 6) is 0.416.